The van der Waals surface area contributed by atoms with E-state index in [1.165, 1.54) is 49.0 Å². The Balaban J connectivity index is 1.44. The number of hydrogen-bond acceptors (Lipinski definition) is 2. The molecule has 0 saturated heterocycles. The molecule has 4 rings (SSSR count). The molecule has 1 aromatic heterocycles. The van der Waals surface area contributed by atoms with Gasteiger partial charge in [0.1, 0.15) is 0 Å². The number of fused-ring (bicyclic) bond motifs is 3. The molecule has 0 aliphatic heterocycles. The van der Waals surface area contributed by atoms with Gasteiger partial charge in [0, 0.05) is 17.0 Å². The molecular formula is C16H22ClNS. The van der Waals surface area contributed by atoms with Crippen molar-refractivity contribution in [1.82, 2.24) is 5.32 Å². The molecular weight excluding hydrogens is 274 g/mol. The highest BCUT2D eigenvalue weighted by Crippen LogP contribution is 2.50. The van der Waals surface area contributed by atoms with Crippen LogP contribution in [-0.4, -0.2) is 6.04 Å². The molecule has 0 spiro atoms. The summed E-state index contributed by atoms with van der Waals surface area (Å²) in [6.45, 7) is 2.41. The molecule has 5 atom stereocenters. The molecule has 104 valence electrons. The van der Waals surface area contributed by atoms with Gasteiger partial charge in [-0.2, -0.15) is 0 Å². The van der Waals surface area contributed by atoms with Gasteiger partial charge in [0.25, 0.3) is 0 Å². The first-order valence-corrected chi connectivity index (χ1v) is 8.94. The second-order valence-electron chi connectivity index (χ2n) is 6.81. The maximum atomic E-state index is 6.15. The van der Waals surface area contributed by atoms with E-state index in [1.807, 2.05) is 0 Å². The van der Waals surface area contributed by atoms with Crippen molar-refractivity contribution in [3.8, 4) is 0 Å². The highest BCUT2D eigenvalue weighted by molar-refractivity contribution is 7.16. The molecule has 2 saturated carbocycles. The van der Waals surface area contributed by atoms with Crippen molar-refractivity contribution in [2.24, 2.45) is 17.8 Å². The molecule has 1 heterocycles. The van der Waals surface area contributed by atoms with Gasteiger partial charge in [-0.15, -0.1) is 11.3 Å². The van der Waals surface area contributed by atoms with Crippen LogP contribution in [0.4, 0.5) is 0 Å². The fourth-order valence-corrected chi connectivity index (χ4v) is 6.21. The Morgan fingerprint density at radius 1 is 1.32 bits per heavy atom. The van der Waals surface area contributed by atoms with Gasteiger partial charge in [-0.25, -0.2) is 0 Å². The molecule has 19 heavy (non-hydrogen) atoms. The predicted octanol–water partition coefficient (Wildman–Crippen LogP) is 4.80. The van der Waals surface area contributed by atoms with E-state index in [0.717, 1.165) is 22.1 Å². The van der Waals surface area contributed by atoms with E-state index in [-0.39, 0.29) is 0 Å². The molecule has 0 aromatic carbocycles. The third-order valence-electron chi connectivity index (χ3n) is 5.75. The lowest BCUT2D eigenvalue weighted by atomic mass is 9.83. The third-order valence-corrected chi connectivity index (χ3v) is 7.09. The van der Waals surface area contributed by atoms with E-state index in [2.05, 4.69) is 18.3 Å². The van der Waals surface area contributed by atoms with Gasteiger partial charge < -0.3 is 5.32 Å². The van der Waals surface area contributed by atoms with Crippen molar-refractivity contribution in [2.45, 2.75) is 57.5 Å². The number of thiophene rings is 1. The van der Waals surface area contributed by atoms with Gasteiger partial charge >= 0.3 is 0 Å². The van der Waals surface area contributed by atoms with Crippen LogP contribution in [0.1, 0.15) is 55.5 Å². The Kier molecular flexibility index (Phi) is 3.17. The minimum absolute atomic E-state index is 0.563. The van der Waals surface area contributed by atoms with Crippen LogP contribution < -0.4 is 5.32 Å². The number of hydrogen-bond donors (Lipinski definition) is 1. The standard InChI is InChI=1S/C16H22ClNS/c1-9(12-7-10-2-3-11(12)6-10)18-14-4-5-15-13(14)8-16(17)19-15/h8-12,14,18H,2-7H2,1H3. The largest absolute Gasteiger partial charge is 0.307 e. The highest BCUT2D eigenvalue weighted by Gasteiger charge is 2.42. The highest BCUT2D eigenvalue weighted by atomic mass is 35.5. The lowest BCUT2D eigenvalue weighted by Gasteiger charge is -2.31. The Labute approximate surface area is 124 Å². The van der Waals surface area contributed by atoms with Crippen molar-refractivity contribution in [2.75, 3.05) is 0 Å². The van der Waals surface area contributed by atoms with Gasteiger partial charge in [0.2, 0.25) is 0 Å². The zero-order valence-electron chi connectivity index (χ0n) is 11.5. The van der Waals surface area contributed by atoms with Crippen LogP contribution >= 0.6 is 22.9 Å². The van der Waals surface area contributed by atoms with Crippen LogP contribution in [0.2, 0.25) is 4.34 Å². The summed E-state index contributed by atoms with van der Waals surface area (Å²) >= 11 is 7.93. The molecule has 3 heteroatoms. The summed E-state index contributed by atoms with van der Waals surface area (Å²) in [4.78, 5) is 1.52. The molecule has 2 bridgehead atoms. The number of rotatable bonds is 3. The van der Waals surface area contributed by atoms with E-state index < -0.39 is 0 Å². The lowest BCUT2D eigenvalue weighted by molar-refractivity contribution is 0.245. The average molecular weight is 296 g/mol. The summed E-state index contributed by atoms with van der Waals surface area (Å²) in [5.41, 5.74) is 1.49. The van der Waals surface area contributed by atoms with E-state index >= 15 is 0 Å². The maximum absolute atomic E-state index is 6.15. The van der Waals surface area contributed by atoms with Crippen molar-refractivity contribution in [1.29, 1.82) is 0 Å². The van der Waals surface area contributed by atoms with Crippen LogP contribution in [0.5, 0.6) is 0 Å². The third kappa shape index (κ3) is 2.16. The van der Waals surface area contributed by atoms with Crippen LogP contribution in [0.15, 0.2) is 6.07 Å². The average Bonchev–Trinajstić information content (AvgIpc) is 3.10. The van der Waals surface area contributed by atoms with Crippen LogP contribution in [0.25, 0.3) is 0 Å². The molecule has 0 amide bonds. The van der Waals surface area contributed by atoms with E-state index in [4.69, 9.17) is 11.6 Å². The molecule has 3 aliphatic carbocycles. The molecule has 3 aliphatic rings. The van der Waals surface area contributed by atoms with Gasteiger partial charge in [-0.3, -0.25) is 0 Å². The van der Waals surface area contributed by atoms with Gasteiger partial charge in [0.05, 0.1) is 4.34 Å². The van der Waals surface area contributed by atoms with Gasteiger partial charge in [-0.1, -0.05) is 18.0 Å². The Morgan fingerprint density at radius 3 is 2.95 bits per heavy atom. The van der Waals surface area contributed by atoms with E-state index in [0.29, 0.717) is 12.1 Å². The van der Waals surface area contributed by atoms with Gasteiger partial charge in [0.15, 0.2) is 0 Å². The Hall–Kier alpha value is -0.0500. The van der Waals surface area contributed by atoms with E-state index in [9.17, 15) is 0 Å². The minimum Gasteiger partial charge on any atom is -0.307 e. The molecule has 1 aromatic rings. The van der Waals surface area contributed by atoms with E-state index in [1.54, 1.807) is 11.3 Å². The predicted molar refractivity (Wildman–Crippen MR) is 81.9 cm³/mol. The summed E-state index contributed by atoms with van der Waals surface area (Å²) in [5, 5.41) is 3.92. The smallest absolute Gasteiger partial charge is 0.0934 e. The molecule has 0 radical (unpaired) electrons. The van der Waals surface area contributed by atoms with Crippen LogP contribution in [-0.2, 0) is 6.42 Å². The SMILES string of the molecule is CC(NC1CCc2sc(Cl)cc21)C1CC2CCC1C2. The first kappa shape index (κ1) is 12.7. The second kappa shape index (κ2) is 4.75. The van der Waals surface area contributed by atoms with Crippen molar-refractivity contribution < 1.29 is 0 Å². The zero-order chi connectivity index (χ0) is 13.0. The lowest BCUT2D eigenvalue weighted by Crippen LogP contribution is -2.38. The first-order chi connectivity index (χ1) is 9.20. The fourth-order valence-electron chi connectivity index (χ4n) is 4.85. The zero-order valence-corrected chi connectivity index (χ0v) is 13.1. The first-order valence-electron chi connectivity index (χ1n) is 7.75. The second-order valence-corrected chi connectivity index (χ2v) is 8.58. The number of halogens is 1. The molecule has 1 nitrogen and oxygen atoms in total. The van der Waals surface area contributed by atoms with Crippen molar-refractivity contribution >= 4 is 22.9 Å². The Morgan fingerprint density at radius 2 is 2.21 bits per heavy atom. The number of nitrogens with one attached hydrogen (secondary N) is 1. The molecule has 2 fully saturated rings. The van der Waals surface area contributed by atoms with Crippen molar-refractivity contribution in [3.05, 3.63) is 20.8 Å². The van der Waals surface area contributed by atoms with Crippen LogP contribution in [0, 0.1) is 17.8 Å². The van der Waals surface area contributed by atoms with Gasteiger partial charge in [-0.05, 0) is 68.4 Å². The number of aryl methyl sites for hydroxylation is 1. The summed E-state index contributed by atoms with van der Waals surface area (Å²) in [5.74, 6) is 2.99. The quantitative estimate of drug-likeness (QED) is 0.844. The normalized spacial score (nSPS) is 37.8. The van der Waals surface area contributed by atoms with Crippen LogP contribution in [0.3, 0.4) is 0 Å². The topological polar surface area (TPSA) is 12.0 Å². The fraction of sp³-hybridized carbons (Fsp3) is 0.750. The summed E-state index contributed by atoms with van der Waals surface area (Å²) in [6, 6.07) is 3.43. The minimum atomic E-state index is 0.563. The summed E-state index contributed by atoms with van der Waals surface area (Å²) < 4.78 is 0.962. The molecule has 5 unspecified atom stereocenters. The monoisotopic (exact) mass is 295 g/mol. The maximum Gasteiger partial charge on any atom is 0.0934 e. The summed E-state index contributed by atoms with van der Waals surface area (Å²) in [7, 11) is 0. The Bertz CT molecular complexity index is 483. The summed E-state index contributed by atoms with van der Waals surface area (Å²) in [6.07, 6.45) is 8.46. The molecule has 1 N–H and O–H groups in total. The van der Waals surface area contributed by atoms with Crippen molar-refractivity contribution in [3.63, 3.8) is 0 Å².